The molecule has 0 aliphatic carbocycles. The standard InChI is InChI=1S/C15H19NO4/c1-5-20-15(17)11(4)8-12-6-7-13(10(2)3)14(9-12)16(18)19/h6-10H,5H2,1-4H3/b11-8+. The second-order valence-electron chi connectivity index (χ2n) is 4.78. The summed E-state index contributed by atoms with van der Waals surface area (Å²) in [5.74, 6) is -0.345. The SMILES string of the molecule is CCOC(=O)/C(C)=C/c1ccc(C(C)C)c([N+](=O)[O-])c1. The van der Waals surface area contributed by atoms with Gasteiger partial charge in [0, 0.05) is 17.2 Å². The molecular weight excluding hydrogens is 258 g/mol. The van der Waals surface area contributed by atoms with E-state index in [9.17, 15) is 14.9 Å². The topological polar surface area (TPSA) is 69.4 Å². The second kappa shape index (κ2) is 6.84. The molecule has 0 spiro atoms. The Bertz CT molecular complexity index is 547. The molecule has 20 heavy (non-hydrogen) atoms. The first-order chi connectivity index (χ1) is 9.36. The molecule has 0 aromatic heterocycles. The number of nitro benzene ring substituents is 1. The van der Waals surface area contributed by atoms with Crippen molar-refractivity contribution in [2.24, 2.45) is 0 Å². The molecule has 5 heteroatoms. The van der Waals surface area contributed by atoms with Crippen molar-refractivity contribution in [2.75, 3.05) is 6.61 Å². The summed E-state index contributed by atoms with van der Waals surface area (Å²) in [4.78, 5) is 22.2. The molecule has 0 aliphatic rings. The molecule has 5 nitrogen and oxygen atoms in total. The van der Waals surface area contributed by atoms with Crippen LogP contribution >= 0.6 is 0 Å². The molecule has 108 valence electrons. The molecule has 0 heterocycles. The summed E-state index contributed by atoms with van der Waals surface area (Å²) in [7, 11) is 0. The summed E-state index contributed by atoms with van der Waals surface area (Å²) in [6.07, 6.45) is 1.59. The van der Waals surface area contributed by atoms with Gasteiger partial charge in [0.2, 0.25) is 0 Å². The fourth-order valence-corrected chi connectivity index (χ4v) is 1.85. The first kappa shape index (κ1) is 15.9. The van der Waals surface area contributed by atoms with Gasteiger partial charge in [0.1, 0.15) is 0 Å². The Balaban J connectivity index is 3.16. The van der Waals surface area contributed by atoms with Crippen LogP contribution in [0.25, 0.3) is 6.08 Å². The van der Waals surface area contributed by atoms with E-state index in [1.807, 2.05) is 13.8 Å². The zero-order valence-electron chi connectivity index (χ0n) is 12.2. The van der Waals surface area contributed by atoms with Gasteiger partial charge < -0.3 is 4.74 Å². The minimum atomic E-state index is -0.414. The number of ether oxygens (including phenoxy) is 1. The molecule has 0 saturated heterocycles. The molecule has 0 radical (unpaired) electrons. The smallest absolute Gasteiger partial charge is 0.333 e. The average Bonchev–Trinajstić information content (AvgIpc) is 2.38. The molecule has 0 aliphatic heterocycles. The van der Waals surface area contributed by atoms with Crippen LogP contribution in [0.4, 0.5) is 5.69 Å². The molecule has 1 rings (SSSR count). The maximum Gasteiger partial charge on any atom is 0.333 e. The highest BCUT2D eigenvalue weighted by molar-refractivity contribution is 5.93. The highest BCUT2D eigenvalue weighted by atomic mass is 16.6. The quantitative estimate of drug-likeness (QED) is 0.356. The van der Waals surface area contributed by atoms with Crippen molar-refractivity contribution in [3.05, 3.63) is 45.0 Å². The summed E-state index contributed by atoms with van der Waals surface area (Å²) < 4.78 is 4.87. The van der Waals surface area contributed by atoms with Crippen LogP contribution in [0.15, 0.2) is 23.8 Å². The molecule has 0 saturated carbocycles. The van der Waals surface area contributed by atoms with Crippen LogP contribution in [-0.4, -0.2) is 17.5 Å². The normalized spacial score (nSPS) is 11.6. The summed E-state index contributed by atoms with van der Waals surface area (Å²) in [6.45, 7) is 7.47. The van der Waals surface area contributed by atoms with Crippen LogP contribution in [0, 0.1) is 10.1 Å². The Hall–Kier alpha value is -2.17. The lowest BCUT2D eigenvalue weighted by atomic mass is 9.98. The number of carbonyl (C=O) groups is 1. The van der Waals surface area contributed by atoms with Crippen LogP contribution in [0.2, 0.25) is 0 Å². The highest BCUT2D eigenvalue weighted by Gasteiger charge is 2.16. The number of hydrogen-bond acceptors (Lipinski definition) is 4. The third kappa shape index (κ3) is 3.91. The minimum absolute atomic E-state index is 0.0691. The maximum atomic E-state index is 11.5. The number of benzene rings is 1. The van der Waals surface area contributed by atoms with Gasteiger partial charge in [-0.1, -0.05) is 26.0 Å². The average molecular weight is 277 g/mol. The summed E-state index contributed by atoms with van der Waals surface area (Å²) >= 11 is 0. The highest BCUT2D eigenvalue weighted by Crippen LogP contribution is 2.28. The van der Waals surface area contributed by atoms with Gasteiger partial charge in [-0.15, -0.1) is 0 Å². The summed E-state index contributed by atoms with van der Waals surface area (Å²) in [5, 5.41) is 11.1. The number of esters is 1. The Labute approximate surface area is 118 Å². The lowest BCUT2D eigenvalue weighted by molar-refractivity contribution is -0.385. The number of hydrogen-bond donors (Lipinski definition) is 0. The largest absolute Gasteiger partial charge is 0.463 e. The fraction of sp³-hybridized carbons (Fsp3) is 0.400. The van der Waals surface area contributed by atoms with Crippen molar-refractivity contribution in [2.45, 2.75) is 33.6 Å². The van der Waals surface area contributed by atoms with Crippen molar-refractivity contribution in [1.82, 2.24) is 0 Å². The monoisotopic (exact) mass is 277 g/mol. The van der Waals surface area contributed by atoms with Gasteiger partial charge in [-0.05, 0) is 31.4 Å². The van der Waals surface area contributed by atoms with E-state index < -0.39 is 10.9 Å². The Morgan fingerprint density at radius 2 is 2.10 bits per heavy atom. The molecule has 1 aromatic carbocycles. The molecule has 0 bridgehead atoms. The minimum Gasteiger partial charge on any atom is -0.463 e. The van der Waals surface area contributed by atoms with Crippen molar-refractivity contribution >= 4 is 17.7 Å². The second-order valence-corrected chi connectivity index (χ2v) is 4.78. The van der Waals surface area contributed by atoms with E-state index in [1.165, 1.54) is 6.07 Å². The van der Waals surface area contributed by atoms with Gasteiger partial charge in [0.05, 0.1) is 11.5 Å². The van der Waals surface area contributed by atoms with Crippen molar-refractivity contribution in [3.8, 4) is 0 Å². The molecule has 0 atom stereocenters. The van der Waals surface area contributed by atoms with Gasteiger partial charge in [-0.25, -0.2) is 4.79 Å². The first-order valence-corrected chi connectivity index (χ1v) is 6.50. The predicted octanol–water partition coefficient (Wildman–Crippen LogP) is 3.68. The van der Waals surface area contributed by atoms with Gasteiger partial charge in [0.25, 0.3) is 5.69 Å². The lowest BCUT2D eigenvalue weighted by Gasteiger charge is -2.07. The van der Waals surface area contributed by atoms with E-state index in [2.05, 4.69) is 0 Å². The number of carbonyl (C=O) groups excluding carboxylic acids is 1. The van der Waals surface area contributed by atoms with E-state index in [4.69, 9.17) is 4.74 Å². The number of rotatable bonds is 5. The molecular formula is C15H19NO4. The zero-order chi connectivity index (χ0) is 15.3. The zero-order valence-corrected chi connectivity index (χ0v) is 12.2. The number of nitrogens with zero attached hydrogens (tertiary/aromatic N) is 1. The maximum absolute atomic E-state index is 11.5. The Kier molecular flexibility index (Phi) is 5.43. The lowest BCUT2D eigenvalue weighted by Crippen LogP contribution is -2.05. The Morgan fingerprint density at radius 3 is 2.60 bits per heavy atom. The van der Waals surface area contributed by atoms with E-state index in [0.717, 1.165) is 0 Å². The molecule has 0 N–H and O–H groups in total. The van der Waals surface area contributed by atoms with Gasteiger partial charge in [-0.2, -0.15) is 0 Å². The molecule has 0 amide bonds. The molecule has 1 aromatic rings. The van der Waals surface area contributed by atoms with Crippen LogP contribution in [0.1, 0.15) is 44.7 Å². The first-order valence-electron chi connectivity index (χ1n) is 6.50. The van der Waals surface area contributed by atoms with Crippen LogP contribution in [-0.2, 0) is 9.53 Å². The third-order valence-corrected chi connectivity index (χ3v) is 2.85. The van der Waals surface area contributed by atoms with E-state index in [0.29, 0.717) is 23.3 Å². The van der Waals surface area contributed by atoms with Crippen molar-refractivity contribution in [3.63, 3.8) is 0 Å². The van der Waals surface area contributed by atoms with Crippen LogP contribution in [0.5, 0.6) is 0 Å². The third-order valence-electron chi connectivity index (χ3n) is 2.85. The Morgan fingerprint density at radius 1 is 1.45 bits per heavy atom. The summed E-state index contributed by atoms with van der Waals surface area (Å²) in [6, 6.07) is 4.98. The number of nitro groups is 1. The molecule has 0 fully saturated rings. The van der Waals surface area contributed by atoms with Gasteiger partial charge in [-0.3, -0.25) is 10.1 Å². The van der Waals surface area contributed by atoms with E-state index in [-0.39, 0.29) is 11.6 Å². The van der Waals surface area contributed by atoms with E-state index >= 15 is 0 Å². The van der Waals surface area contributed by atoms with Gasteiger partial charge in [0.15, 0.2) is 0 Å². The van der Waals surface area contributed by atoms with Gasteiger partial charge >= 0.3 is 5.97 Å². The van der Waals surface area contributed by atoms with Crippen molar-refractivity contribution in [1.29, 1.82) is 0 Å². The summed E-state index contributed by atoms with van der Waals surface area (Å²) in [5.41, 5.74) is 1.79. The predicted molar refractivity (Wildman–Crippen MR) is 77.5 cm³/mol. The van der Waals surface area contributed by atoms with Crippen molar-refractivity contribution < 1.29 is 14.5 Å². The van der Waals surface area contributed by atoms with Crippen LogP contribution < -0.4 is 0 Å². The van der Waals surface area contributed by atoms with E-state index in [1.54, 1.807) is 32.1 Å². The fourth-order valence-electron chi connectivity index (χ4n) is 1.85. The van der Waals surface area contributed by atoms with Crippen LogP contribution in [0.3, 0.4) is 0 Å². The molecule has 0 unspecified atom stereocenters.